The van der Waals surface area contributed by atoms with Crippen LogP contribution in [0.5, 0.6) is 0 Å². The van der Waals surface area contributed by atoms with E-state index in [1.165, 1.54) is 25.7 Å². The highest BCUT2D eigenvalue weighted by atomic mass is 16.8. The fourth-order valence-corrected chi connectivity index (χ4v) is 5.31. The van der Waals surface area contributed by atoms with Gasteiger partial charge in [-0.25, -0.2) is 0 Å². The van der Waals surface area contributed by atoms with E-state index in [-0.39, 0.29) is 29.1 Å². The summed E-state index contributed by atoms with van der Waals surface area (Å²) in [6.45, 7) is 2.40. The Bertz CT molecular complexity index is 368. The molecule has 2 spiro atoms. The fraction of sp³-hybridized carbons (Fsp3) is 0.933. The van der Waals surface area contributed by atoms with Gasteiger partial charge in [0.05, 0.1) is 18.1 Å². The molecular formula is C15H23NO3. The predicted molar refractivity (Wildman–Crippen MR) is 68.9 cm³/mol. The average Bonchev–Trinajstić information content (AvgIpc) is 2.81. The lowest BCUT2D eigenvalue weighted by Gasteiger charge is -2.39. The van der Waals surface area contributed by atoms with Gasteiger partial charge in [0.2, 0.25) is 0 Å². The highest BCUT2D eigenvalue weighted by Crippen LogP contribution is 2.69. The molecule has 0 N–H and O–H groups in total. The van der Waals surface area contributed by atoms with Gasteiger partial charge in [0, 0.05) is 5.41 Å². The van der Waals surface area contributed by atoms with Crippen LogP contribution in [-0.2, 0) is 14.4 Å². The van der Waals surface area contributed by atoms with Crippen molar-refractivity contribution in [1.29, 1.82) is 0 Å². The molecule has 4 heteroatoms. The summed E-state index contributed by atoms with van der Waals surface area (Å²) in [5, 5.41) is 2.19. The van der Waals surface area contributed by atoms with Crippen LogP contribution >= 0.6 is 0 Å². The van der Waals surface area contributed by atoms with Crippen LogP contribution in [0.3, 0.4) is 0 Å². The molecule has 0 aromatic heterocycles. The number of carbonyl (C=O) groups is 1. The van der Waals surface area contributed by atoms with Gasteiger partial charge in [0.25, 0.3) is 0 Å². The third-order valence-electron chi connectivity index (χ3n) is 5.95. The Kier molecular flexibility index (Phi) is 2.53. The van der Waals surface area contributed by atoms with Crippen molar-refractivity contribution < 1.29 is 14.4 Å². The van der Waals surface area contributed by atoms with E-state index < -0.39 is 0 Å². The molecule has 4 fully saturated rings. The molecule has 3 atom stereocenters. The standard InChI is InChI=1S/C15H23NO3/c1-2-18-12(17)11-14(7-3-4-8-14)13-16(19-13)15(11)9-5-6-10-15/h11,13H,2-10H2,1H3/t11-,13-,16?/m1/s1. The lowest BCUT2D eigenvalue weighted by atomic mass is 9.67. The largest absolute Gasteiger partial charge is 0.466 e. The smallest absolute Gasteiger partial charge is 0.311 e. The minimum atomic E-state index is -0.0265. The first-order valence-electron chi connectivity index (χ1n) is 7.87. The summed E-state index contributed by atoms with van der Waals surface area (Å²) in [5.74, 6) is 0.103. The Balaban J connectivity index is 1.74. The molecule has 2 saturated heterocycles. The van der Waals surface area contributed by atoms with Gasteiger partial charge >= 0.3 is 5.97 Å². The summed E-state index contributed by atoms with van der Waals surface area (Å²) >= 11 is 0. The molecule has 0 amide bonds. The number of ether oxygens (including phenoxy) is 1. The summed E-state index contributed by atoms with van der Waals surface area (Å²) < 4.78 is 5.45. The van der Waals surface area contributed by atoms with Crippen molar-refractivity contribution in [1.82, 2.24) is 5.06 Å². The first-order valence-corrected chi connectivity index (χ1v) is 7.87. The van der Waals surface area contributed by atoms with Gasteiger partial charge in [-0.3, -0.25) is 9.63 Å². The number of fused-ring (bicyclic) bond motifs is 3. The Morgan fingerprint density at radius 3 is 2.47 bits per heavy atom. The number of hydrogen-bond donors (Lipinski definition) is 0. The van der Waals surface area contributed by atoms with Crippen LogP contribution in [0, 0.1) is 11.3 Å². The number of hydrogen-bond acceptors (Lipinski definition) is 4. The lowest BCUT2D eigenvalue weighted by Crippen LogP contribution is -2.49. The van der Waals surface area contributed by atoms with Gasteiger partial charge in [-0.1, -0.05) is 25.7 Å². The molecule has 0 radical (unpaired) electrons. The van der Waals surface area contributed by atoms with Crippen LogP contribution in [0.25, 0.3) is 0 Å². The van der Waals surface area contributed by atoms with E-state index in [4.69, 9.17) is 9.57 Å². The molecule has 2 saturated carbocycles. The molecular weight excluding hydrogens is 242 g/mol. The molecule has 2 heterocycles. The molecule has 1 unspecified atom stereocenters. The van der Waals surface area contributed by atoms with E-state index in [9.17, 15) is 4.79 Å². The van der Waals surface area contributed by atoms with E-state index in [1.54, 1.807) is 0 Å². The minimum Gasteiger partial charge on any atom is -0.466 e. The monoisotopic (exact) mass is 265 g/mol. The summed E-state index contributed by atoms with van der Waals surface area (Å²) in [5.41, 5.74) is 0.0395. The fourth-order valence-electron chi connectivity index (χ4n) is 5.31. The van der Waals surface area contributed by atoms with E-state index in [0.717, 1.165) is 25.7 Å². The zero-order valence-electron chi connectivity index (χ0n) is 11.7. The van der Waals surface area contributed by atoms with Crippen molar-refractivity contribution in [3.8, 4) is 0 Å². The zero-order chi connectivity index (χ0) is 13.1. The number of hydroxylamine groups is 2. The van der Waals surface area contributed by atoms with E-state index in [1.807, 2.05) is 6.92 Å². The first-order chi connectivity index (χ1) is 9.24. The molecule has 0 aromatic carbocycles. The van der Waals surface area contributed by atoms with Crippen LogP contribution in [0.1, 0.15) is 58.3 Å². The second-order valence-corrected chi connectivity index (χ2v) is 6.72. The Morgan fingerprint density at radius 2 is 1.84 bits per heavy atom. The SMILES string of the molecule is CCOC(=O)[C@@H]1C2(CCCC2)[C@H]2ON2C12CCCC2. The second kappa shape index (κ2) is 3.95. The molecule has 4 nitrogen and oxygen atoms in total. The van der Waals surface area contributed by atoms with Crippen LogP contribution in [0.15, 0.2) is 0 Å². The van der Waals surface area contributed by atoms with Gasteiger partial charge in [-0.2, -0.15) is 0 Å². The third kappa shape index (κ3) is 1.39. The normalized spacial score (nSPS) is 40.8. The quantitative estimate of drug-likeness (QED) is 0.568. The van der Waals surface area contributed by atoms with Gasteiger partial charge in [-0.15, -0.1) is 5.06 Å². The Labute approximate surface area is 114 Å². The van der Waals surface area contributed by atoms with E-state index in [2.05, 4.69) is 5.06 Å². The summed E-state index contributed by atoms with van der Waals surface area (Å²) in [6.07, 6.45) is 9.61. The third-order valence-corrected chi connectivity index (χ3v) is 5.95. The number of rotatable bonds is 2. The molecule has 4 aliphatic rings. The highest BCUT2D eigenvalue weighted by Gasteiger charge is 2.78. The summed E-state index contributed by atoms with van der Waals surface area (Å²) in [6, 6.07) is 0. The molecule has 4 rings (SSSR count). The van der Waals surface area contributed by atoms with Crippen LogP contribution in [0.4, 0.5) is 0 Å². The molecule has 0 aromatic rings. The summed E-state index contributed by atoms with van der Waals surface area (Å²) in [4.78, 5) is 18.5. The molecule has 19 heavy (non-hydrogen) atoms. The number of nitrogens with zero attached hydrogens (tertiary/aromatic N) is 1. The first kappa shape index (κ1) is 12.2. The van der Waals surface area contributed by atoms with Gasteiger partial charge in [0.1, 0.15) is 0 Å². The summed E-state index contributed by atoms with van der Waals surface area (Å²) in [7, 11) is 0. The van der Waals surface area contributed by atoms with E-state index in [0.29, 0.717) is 6.61 Å². The number of esters is 1. The van der Waals surface area contributed by atoms with Crippen molar-refractivity contribution in [2.24, 2.45) is 11.3 Å². The zero-order valence-corrected chi connectivity index (χ0v) is 11.7. The van der Waals surface area contributed by atoms with Gasteiger partial charge < -0.3 is 4.74 Å². The van der Waals surface area contributed by atoms with Crippen molar-refractivity contribution in [2.45, 2.75) is 70.1 Å². The maximum atomic E-state index is 12.6. The Hall–Kier alpha value is -0.610. The maximum Gasteiger partial charge on any atom is 0.311 e. The molecule has 2 aliphatic heterocycles. The van der Waals surface area contributed by atoms with E-state index >= 15 is 0 Å². The average molecular weight is 265 g/mol. The van der Waals surface area contributed by atoms with Crippen LogP contribution in [0.2, 0.25) is 0 Å². The van der Waals surface area contributed by atoms with Gasteiger partial charge in [0.15, 0.2) is 6.23 Å². The topological polar surface area (TPSA) is 41.8 Å². The lowest BCUT2D eigenvalue weighted by molar-refractivity contribution is -0.162. The molecule has 106 valence electrons. The van der Waals surface area contributed by atoms with Crippen molar-refractivity contribution in [3.63, 3.8) is 0 Å². The Morgan fingerprint density at radius 1 is 1.21 bits per heavy atom. The molecule has 0 bridgehead atoms. The molecule has 2 aliphatic carbocycles. The predicted octanol–water partition coefficient (Wildman–Crippen LogP) is 2.63. The second-order valence-electron chi connectivity index (χ2n) is 6.72. The van der Waals surface area contributed by atoms with Gasteiger partial charge in [-0.05, 0) is 32.6 Å². The van der Waals surface area contributed by atoms with Crippen molar-refractivity contribution in [2.75, 3.05) is 6.61 Å². The van der Waals surface area contributed by atoms with Crippen LogP contribution < -0.4 is 0 Å². The van der Waals surface area contributed by atoms with Crippen molar-refractivity contribution in [3.05, 3.63) is 0 Å². The minimum absolute atomic E-state index is 0.0265. The highest BCUT2D eigenvalue weighted by molar-refractivity contribution is 5.76. The van der Waals surface area contributed by atoms with Crippen molar-refractivity contribution >= 4 is 5.97 Å². The number of carbonyl (C=O) groups excluding carboxylic acids is 1. The maximum absolute atomic E-state index is 12.6. The van der Waals surface area contributed by atoms with Crippen LogP contribution in [-0.4, -0.2) is 29.4 Å².